The van der Waals surface area contributed by atoms with Crippen molar-refractivity contribution in [1.29, 1.82) is 0 Å². The molecule has 0 fully saturated rings. The van der Waals surface area contributed by atoms with Gasteiger partial charge >= 0.3 is 5.97 Å². The summed E-state index contributed by atoms with van der Waals surface area (Å²) in [5.74, 6) is -1.89. The molecule has 1 aromatic rings. The van der Waals surface area contributed by atoms with Crippen LogP contribution in [0.2, 0.25) is 5.02 Å². The summed E-state index contributed by atoms with van der Waals surface area (Å²) < 4.78 is 4.87. The molecule has 1 amide bonds. The molecule has 0 aliphatic carbocycles. The third kappa shape index (κ3) is 4.72. The fraction of sp³-hybridized carbons (Fsp3) is 0.467. The summed E-state index contributed by atoms with van der Waals surface area (Å²) in [6, 6.07) is 7.26. The number of carbonyl (C=O) groups is 2. The van der Waals surface area contributed by atoms with Gasteiger partial charge in [0.05, 0.1) is 6.61 Å². The van der Waals surface area contributed by atoms with Gasteiger partial charge in [-0.1, -0.05) is 36.7 Å². The highest BCUT2D eigenvalue weighted by atomic mass is 35.5. The van der Waals surface area contributed by atoms with Gasteiger partial charge in [-0.05, 0) is 25.0 Å². The topological polar surface area (TPSA) is 75.6 Å². The average molecular weight is 314 g/mol. The zero-order valence-corrected chi connectivity index (χ0v) is 13.1. The molecule has 2 atom stereocenters. The third-order valence-corrected chi connectivity index (χ3v) is 3.60. The Hall–Kier alpha value is -1.59. The van der Waals surface area contributed by atoms with E-state index in [9.17, 15) is 14.7 Å². The number of methoxy groups -OCH3 is 1. The van der Waals surface area contributed by atoms with E-state index < -0.39 is 17.4 Å². The Labute approximate surface area is 129 Å². The van der Waals surface area contributed by atoms with E-state index in [0.29, 0.717) is 11.4 Å². The second-order valence-electron chi connectivity index (χ2n) is 5.26. The van der Waals surface area contributed by atoms with Gasteiger partial charge < -0.3 is 15.2 Å². The molecule has 2 unspecified atom stereocenters. The molecule has 0 saturated carbocycles. The Morgan fingerprint density at radius 3 is 2.57 bits per heavy atom. The summed E-state index contributed by atoms with van der Waals surface area (Å²) in [5, 5.41) is 12.3. The Morgan fingerprint density at radius 2 is 2.05 bits per heavy atom. The Bertz CT molecular complexity index is 520. The number of hydrogen-bond acceptors (Lipinski definition) is 3. The molecule has 0 heterocycles. The molecule has 0 saturated heterocycles. The van der Waals surface area contributed by atoms with Gasteiger partial charge in [-0.3, -0.25) is 4.79 Å². The van der Waals surface area contributed by atoms with Crippen LogP contribution >= 0.6 is 11.6 Å². The van der Waals surface area contributed by atoms with Gasteiger partial charge in [0.2, 0.25) is 5.91 Å². The lowest BCUT2D eigenvalue weighted by Gasteiger charge is -2.27. The number of aliphatic carboxylic acids is 1. The van der Waals surface area contributed by atoms with Gasteiger partial charge in [0.15, 0.2) is 5.54 Å². The summed E-state index contributed by atoms with van der Waals surface area (Å²) in [6.45, 7) is 3.04. The number of ether oxygens (including phenoxy) is 1. The predicted molar refractivity (Wildman–Crippen MR) is 80.4 cm³/mol. The van der Waals surface area contributed by atoms with Crippen LogP contribution in [0.3, 0.4) is 0 Å². The molecule has 0 aromatic heterocycles. The molecule has 5 nitrogen and oxygen atoms in total. The number of hydrogen-bond donors (Lipinski definition) is 2. The monoisotopic (exact) mass is 313 g/mol. The summed E-state index contributed by atoms with van der Waals surface area (Å²) in [5.41, 5.74) is -0.591. The van der Waals surface area contributed by atoms with E-state index in [4.69, 9.17) is 16.3 Å². The zero-order chi connectivity index (χ0) is 16.0. The van der Waals surface area contributed by atoms with Crippen molar-refractivity contribution in [3.63, 3.8) is 0 Å². The van der Waals surface area contributed by atoms with Crippen molar-refractivity contribution in [3.8, 4) is 0 Å². The maximum atomic E-state index is 12.2. The average Bonchev–Trinajstić information content (AvgIpc) is 2.41. The summed E-state index contributed by atoms with van der Waals surface area (Å²) in [4.78, 5) is 23.4. The van der Waals surface area contributed by atoms with E-state index in [-0.39, 0.29) is 12.5 Å². The van der Waals surface area contributed by atoms with Crippen molar-refractivity contribution in [2.75, 3.05) is 13.7 Å². The number of halogens is 1. The van der Waals surface area contributed by atoms with E-state index in [2.05, 4.69) is 5.32 Å². The molecule has 1 aromatic carbocycles. The predicted octanol–water partition coefficient (Wildman–Crippen LogP) is 2.12. The molecule has 0 bridgehead atoms. The molecular formula is C15H20ClNO4. The highest BCUT2D eigenvalue weighted by Crippen LogP contribution is 2.19. The number of amides is 1. The van der Waals surface area contributed by atoms with Gasteiger partial charge in [-0.2, -0.15) is 0 Å². The minimum absolute atomic E-state index is 0.104. The van der Waals surface area contributed by atoms with Crippen molar-refractivity contribution >= 4 is 23.5 Å². The van der Waals surface area contributed by atoms with E-state index in [1.807, 2.05) is 18.2 Å². The maximum absolute atomic E-state index is 12.2. The Balaban J connectivity index is 2.74. The quantitative estimate of drug-likeness (QED) is 0.808. The van der Waals surface area contributed by atoms with E-state index in [0.717, 1.165) is 5.56 Å². The number of carboxylic acids is 1. The molecule has 1 rings (SSSR count). The third-order valence-electron chi connectivity index (χ3n) is 3.24. The van der Waals surface area contributed by atoms with Gasteiger partial charge in [0.25, 0.3) is 0 Å². The van der Waals surface area contributed by atoms with Crippen LogP contribution in [0.15, 0.2) is 24.3 Å². The lowest BCUT2D eigenvalue weighted by atomic mass is 9.97. The Kier molecular flexibility index (Phi) is 6.18. The Morgan fingerprint density at radius 1 is 1.43 bits per heavy atom. The highest BCUT2D eigenvalue weighted by molar-refractivity contribution is 6.31. The van der Waals surface area contributed by atoms with Gasteiger partial charge in [0.1, 0.15) is 0 Å². The molecule has 2 N–H and O–H groups in total. The largest absolute Gasteiger partial charge is 0.479 e. The normalized spacial score (nSPS) is 15.0. The summed E-state index contributed by atoms with van der Waals surface area (Å²) >= 11 is 6.06. The summed E-state index contributed by atoms with van der Waals surface area (Å²) in [6.07, 6.45) is 0.439. The zero-order valence-electron chi connectivity index (χ0n) is 12.4. The minimum Gasteiger partial charge on any atom is -0.479 e. The van der Waals surface area contributed by atoms with Gasteiger partial charge in [0, 0.05) is 18.1 Å². The van der Waals surface area contributed by atoms with Crippen molar-refractivity contribution < 1.29 is 19.4 Å². The fourth-order valence-electron chi connectivity index (χ4n) is 1.92. The standard InChI is InChI=1S/C15H20ClNO4/c1-10(8-11-6-4-5-7-12(11)16)13(18)17-15(2,9-21-3)14(19)20/h4-7,10H,8-9H2,1-3H3,(H,17,18)(H,19,20). The van der Waals surface area contributed by atoms with Crippen molar-refractivity contribution in [2.45, 2.75) is 25.8 Å². The number of carboxylic acid groups (broad SMARTS) is 1. The molecule has 0 radical (unpaired) electrons. The molecule has 6 heteroatoms. The number of benzene rings is 1. The molecule has 116 valence electrons. The molecule has 0 aliphatic rings. The first-order valence-corrected chi connectivity index (χ1v) is 6.95. The summed E-state index contributed by atoms with van der Waals surface area (Å²) in [7, 11) is 1.39. The van der Waals surface area contributed by atoms with Crippen LogP contribution in [0.1, 0.15) is 19.4 Å². The maximum Gasteiger partial charge on any atom is 0.331 e. The van der Waals surface area contributed by atoms with Crippen molar-refractivity contribution in [2.24, 2.45) is 5.92 Å². The van der Waals surface area contributed by atoms with Crippen LogP contribution in [0, 0.1) is 5.92 Å². The smallest absolute Gasteiger partial charge is 0.331 e. The number of rotatable bonds is 7. The number of carbonyl (C=O) groups excluding carboxylic acids is 1. The van der Waals surface area contributed by atoms with Crippen molar-refractivity contribution in [3.05, 3.63) is 34.9 Å². The lowest BCUT2D eigenvalue weighted by Crippen LogP contribution is -2.56. The molecular weight excluding hydrogens is 294 g/mol. The first-order chi connectivity index (χ1) is 9.80. The van der Waals surface area contributed by atoms with Crippen LogP contribution in [0.25, 0.3) is 0 Å². The van der Waals surface area contributed by atoms with Crippen LogP contribution in [0.4, 0.5) is 0 Å². The second kappa shape index (κ2) is 7.43. The second-order valence-corrected chi connectivity index (χ2v) is 5.66. The van der Waals surface area contributed by atoms with Gasteiger partial charge in [-0.15, -0.1) is 0 Å². The van der Waals surface area contributed by atoms with Crippen LogP contribution in [-0.2, 0) is 20.7 Å². The minimum atomic E-state index is -1.44. The molecule has 0 aliphatic heterocycles. The van der Waals surface area contributed by atoms with E-state index in [1.54, 1.807) is 13.0 Å². The van der Waals surface area contributed by atoms with Gasteiger partial charge in [-0.25, -0.2) is 4.79 Å². The molecule has 0 spiro atoms. The van der Waals surface area contributed by atoms with Crippen LogP contribution in [0.5, 0.6) is 0 Å². The number of nitrogens with one attached hydrogen (secondary N) is 1. The first-order valence-electron chi connectivity index (χ1n) is 6.58. The van der Waals surface area contributed by atoms with Crippen molar-refractivity contribution in [1.82, 2.24) is 5.32 Å². The van der Waals surface area contributed by atoms with Crippen LogP contribution < -0.4 is 5.32 Å². The van der Waals surface area contributed by atoms with Crippen LogP contribution in [-0.4, -0.2) is 36.2 Å². The highest BCUT2D eigenvalue weighted by Gasteiger charge is 2.36. The fourth-order valence-corrected chi connectivity index (χ4v) is 2.13. The van der Waals surface area contributed by atoms with E-state index >= 15 is 0 Å². The lowest BCUT2D eigenvalue weighted by molar-refractivity contribution is -0.149. The van der Waals surface area contributed by atoms with E-state index in [1.165, 1.54) is 14.0 Å². The molecule has 21 heavy (non-hydrogen) atoms. The SMILES string of the molecule is COCC(C)(NC(=O)C(C)Cc1ccccc1Cl)C(=O)O. The first kappa shape index (κ1) is 17.5.